The highest BCUT2D eigenvalue weighted by atomic mass is 16.5. The van der Waals surface area contributed by atoms with Crippen LogP contribution < -0.4 is 10.1 Å². The quantitative estimate of drug-likeness (QED) is 0.742. The van der Waals surface area contributed by atoms with Crippen molar-refractivity contribution in [2.75, 3.05) is 38.1 Å². The fraction of sp³-hybridized carbons (Fsp3) is 0.500. The number of rotatable bonds is 6. The van der Waals surface area contributed by atoms with Crippen LogP contribution in [0.4, 0.5) is 10.7 Å². The lowest BCUT2D eigenvalue weighted by molar-refractivity contribution is 0.0671. The second-order valence-corrected chi connectivity index (χ2v) is 8.45. The number of amides is 3. The summed E-state index contributed by atoms with van der Waals surface area (Å²) in [5.74, 6) is 1.76. The van der Waals surface area contributed by atoms with Crippen LogP contribution in [-0.2, 0) is 0 Å². The van der Waals surface area contributed by atoms with E-state index in [1.54, 1.807) is 28.3 Å². The van der Waals surface area contributed by atoms with Gasteiger partial charge in [0.05, 0.1) is 6.61 Å². The first kappa shape index (κ1) is 22.0. The number of anilines is 1. The van der Waals surface area contributed by atoms with Crippen LogP contribution in [0.15, 0.2) is 42.7 Å². The van der Waals surface area contributed by atoms with Crippen molar-refractivity contribution >= 4 is 17.9 Å². The summed E-state index contributed by atoms with van der Waals surface area (Å²) in [6.45, 7) is 2.58. The van der Waals surface area contributed by atoms with Crippen molar-refractivity contribution < 1.29 is 14.3 Å². The summed E-state index contributed by atoms with van der Waals surface area (Å²) in [5.41, 5.74) is 0.621. The number of urea groups is 1. The van der Waals surface area contributed by atoms with Crippen LogP contribution in [0.2, 0.25) is 0 Å². The highest BCUT2D eigenvalue weighted by molar-refractivity contribution is 5.95. The molecule has 0 radical (unpaired) electrons. The molecule has 2 aromatic rings. The van der Waals surface area contributed by atoms with E-state index in [9.17, 15) is 9.59 Å². The Labute approximate surface area is 189 Å². The molecule has 1 aliphatic carbocycles. The van der Waals surface area contributed by atoms with Gasteiger partial charge in [-0.1, -0.05) is 38.2 Å². The second kappa shape index (κ2) is 10.9. The molecule has 1 aromatic carbocycles. The number of hydrogen-bond donors (Lipinski definition) is 1. The molecule has 4 rings (SSSR count). The number of aromatic nitrogens is 2. The molecule has 1 aliphatic heterocycles. The first-order chi connectivity index (χ1) is 15.7. The number of benzene rings is 1. The zero-order valence-electron chi connectivity index (χ0n) is 18.4. The lowest BCUT2D eigenvalue weighted by atomic mass is 9.87. The normalized spacial score (nSPS) is 17.1. The topological polar surface area (TPSA) is 87.7 Å². The summed E-state index contributed by atoms with van der Waals surface area (Å²) < 4.78 is 5.95. The molecule has 0 unspecified atom stereocenters. The average Bonchev–Trinajstić information content (AvgIpc) is 2.85. The SMILES string of the molecule is O=C(Nc1ncccn1)N1CCN(C(=O)c2cccc(OCCC3CCCCC3)c2)CC1. The zero-order valence-corrected chi connectivity index (χ0v) is 18.4. The van der Waals surface area contributed by atoms with Crippen LogP contribution in [0.5, 0.6) is 5.75 Å². The van der Waals surface area contributed by atoms with Crippen molar-refractivity contribution in [3.8, 4) is 5.75 Å². The Morgan fingerprint density at radius 1 is 0.969 bits per heavy atom. The molecular weight excluding hydrogens is 406 g/mol. The van der Waals surface area contributed by atoms with Crippen LogP contribution >= 0.6 is 0 Å². The maximum atomic E-state index is 13.0. The molecule has 1 saturated heterocycles. The zero-order chi connectivity index (χ0) is 22.2. The monoisotopic (exact) mass is 437 g/mol. The molecule has 3 amide bonds. The van der Waals surface area contributed by atoms with Crippen LogP contribution in [0, 0.1) is 5.92 Å². The molecule has 0 bridgehead atoms. The van der Waals surface area contributed by atoms with Gasteiger partial charge in [-0.2, -0.15) is 0 Å². The Balaban J connectivity index is 1.24. The van der Waals surface area contributed by atoms with E-state index < -0.39 is 0 Å². The fourth-order valence-electron chi connectivity index (χ4n) is 4.37. The molecule has 8 heteroatoms. The fourth-order valence-corrected chi connectivity index (χ4v) is 4.37. The summed E-state index contributed by atoms with van der Waals surface area (Å²) in [5, 5.41) is 2.68. The second-order valence-electron chi connectivity index (χ2n) is 8.45. The largest absolute Gasteiger partial charge is 0.494 e. The van der Waals surface area contributed by atoms with Gasteiger partial charge in [0.15, 0.2) is 0 Å². The van der Waals surface area contributed by atoms with Gasteiger partial charge in [0.2, 0.25) is 5.95 Å². The van der Waals surface area contributed by atoms with Gasteiger partial charge < -0.3 is 14.5 Å². The third kappa shape index (κ3) is 5.96. The molecule has 170 valence electrons. The van der Waals surface area contributed by atoms with Crippen molar-refractivity contribution in [2.45, 2.75) is 38.5 Å². The Bertz CT molecular complexity index is 894. The van der Waals surface area contributed by atoms with Crippen molar-refractivity contribution in [2.24, 2.45) is 5.92 Å². The number of nitrogens with zero attached hydrogens (tertiary/aromatic N) is 4. The molecule has 2 heterocycles. The van der Waals surface area contributed by atoms with Crippen molar-refractivity contribution in [3.05, 3.63) is 48.3 Å². The van der Waals surface area contributed by atoms with Gasteiger partial charge in [-0.25, -0.2) is 14.8 Å². The van der Waals surface area contributed by atoms with E-state index in [0.717, 1.165) is 18.1 Å². The lowest BCUT2D eigenvalue weighted by Gasteiger charge is -2.34. The Morgan fingerprint density at radius 2 is 1.69 bits per heavy atom. The van der Waals surface area contributed by atoms with Crippen LogP contribution in [0.3, 0.4) is 0 Å². The first-order valence-corrected chi connectivity index (χ1v) is 11.5. The summed E-state index contributed by atoms with van der Waals surface area (Å²) in [7, 11) is 0. The number of nitrogens with one attached hydrogen (secondary N) is 1. The third-order valence-electron chi connectivity index (χ3n) is 6.24. The average molecular weight is 438 g/mol. The molecule has 2 fully saturated rings. The van der Waals surface area contributed by atoms with Crippen molar-refractivity contribution in [1.82, 2.24) is 19.8 Å². The molecule has 2 aliphatic rings. The molecule has 8 nitrogen and oxygen atoms in total. The predicted octanol–water partition coefficient (Wildman–Crippen LogP) is 3.82. The van der Waals surface area contributed by atoms with Crippen molar-refractivity contribution in [1.29, 1.82) is 0 Å². The highest BCUT2D eigenvalue weighted by Gasteiger charge is 2.25. The Hall–Kier alpha value is -3.16. The first-order valence-electron chi connectivity index (χ1n) is 11.5. The molecule has 1 aromatic heterocycles. The van der Waals surface area contributed by atoms with E-state index in [-0.39, 0.29) is 17.9 Å². The molecule has 0 atom stereocenters. The summed E-state index contributed by atoms with van der Waals surface area (Å²) in [4.78, 5) is 36.8. The lowest BCUT2D eigenvalue weighted by Crippen LogP contribution is -2.51. The van der Waals surface area contributed by atoms with Gasteiger partial charge in [0, 0.05) is 44.1 Å². The van der Waals surface area contributed by atoms with E-state index in [1.165, 1.54) is 32.1 Å². The molecule has 1 saturated carbocycles. The summed E-state index contributed by atoms with van der Waals surface area (Å²) in [6.07, 6.45) is 10.9. The maximum absolute atomic E-state index is 13.0. The molecule has 32 heavy (non-hydrogen) atoms. The van der Waals surface area contributed by atoms with Crippen LogP contribution in [0.1, 0.15) is 48.9 Å². The van der Waals surface area contributed by atoms with Gasteiger partial charge in [-0.05, 0) is 36.6 Å². The molecular formula is C24H31N5O3. The summed E-state index contributed by atoms with van der Waals surface area (Å²) >= 11 is 0. The van der Waals surface area contributed by atoms with Gasteiger partial charge in [0.1, 0.15) is 5.75 Å². The third-order valence-corrected chi connectivity index (χ3v) is 6.24. The minimum absolute atomic E-state index is 0.0332. The van der Waals surface area contributed by atoms with E-state index >= 15 is 0 Å². The Kier molecular flexibility index (Phi) is 7.53. The van der Waals surface area contributed by atoms with Crippen molar-refractivity contribution in [3.63, 3.8) is 0 Å². The Morgan fingerprint density at radius 3 is 2.44 bits per heavy atom. The van der Waals surface area contributed by atoms with Crippen LogP contribution in [0.25, 0.3) is 0 Å². The minimum atomic E-state index is -0.253. The predicted molar refractivity (Wildman–Crippen MR) is 122 cm³/mol. The standard InChI is InChI=1S/C24H31N5O3/c30-22(20-8-4-9-21(18-20)32-17-10-19-6-2-1-3-7-19)28-13-15-29(16-14-28)24(31)27-23-25-11-5-12-26-23/h4-5,8-9,11-12,18-19H,1-3,6-7,10,13-17H2,(H,25,26,27,31). The smallest absolute Gasteiger partial charge is 0.324 e. The van der Waals surface area contributed by atoms with E-state index in [1.807, 2.05) is 24.3 Å². The van der Waals surface area contributed by atoms with Gasteiger partial charge >= 0.3 is 6.03 Å². The number of hydrogen-bond acceptors (Lipinski definition) is 5. The highest BCUT2D eigenvalue weighted by Crippen LogP contribution is 2.26. The van der Waals surface area contributed by atoms with E-state index in [4.69, 9.17) is 4.74 Å². The van der Waals surface area contributed by atoms with Gasteiger partial charge in [0.25, 0.3) is 5.91 Å². The van der Waals surface area contributed by atoms with Gasteiger partial charge in [-0.15, -0.1) is 0 Å². The minimum Gasteiger partial charge on any atom is -0.494 e. The summed E-state index contributed by atoms with van der Waals surface area (Å²) in [6, 6.07) is 8.86. The van der Waals surface area contributed by atoms with E-state index in [0.29, 0.717) is 38.3 Å². The maximum Gasteiger partial charge on any atom is 0.324 e. The molecule has 1 N–H and O–H groups in total. The molecule has 0 spiro atoms. The van der Waals surface area contributed by atoms with E-state index in [2.05, 4.69) is 15.3 Å². The van der Waals surface area contributed by atoms with Crippen LogP contribution in [-0.4, -0.2) is 64.5 Å². The van der Waals surface area contributed by atoms with Gasteiger partial charge in [-0.3, -0.25) is 10.1 Å². The number of piperazine rings is 1. The number of ether oxygens (including phenoxy) is 1. The number of carbonyl (C=O) groups is 2. The number of carbonyl (C=O) groups excluding carboxylic acids is 2.